The van der Waals surface area contributed by atoms with Gasteiger partial charge in [-0.2, -0.15) is 0 Å². The van der Waals surface area contributed by atoms with E-state index in [1.807, 2.05) is 0 Å². The average molecular weight is 111 g/mol. The van der Waals surface area contributed by atoms with Gasteiger partial charge in [-0.25, -0.2) is 0 Å². The normalized spacial score (nSPS) is 21.5. The molecule has 0 spiro atoms. The fraction of sp³-hybridized carbons (Fsp3) is 1.00. The van der Waals surface area contributed by atoms with E-state index in [0.29, 0.717) is 13.2 Å². The summed E-state index contributed by atoms with van der Waals surface area (Å²) in [6, 6.07) is 0.0926. The molecule has 3 heteroatoms. The Morgan fingerprint density at radius 3 is 1.83 bits per heavy atom. The first-order chi connectivity index (χ1) is 2.39. The second-order valence-electron chi connectivity index (χ2n) is 1.23. The Morgan fingerprint density at radius 2 is 1.83 bits per heavy atom. The second kappa shape index (κ2) is 3.55. The molecule has 1 heterocycles. The summed E-state index contributed by atoms with van der Waals surface area (Å²) >= 11 is 0. The Hall–Kier alpha value is 1.56. The molecule has 0 amide bonds. The van der Waals surface area contributed by atoms with Crippen molar-refractivity contribution in [2.75, 3.05) is 13.2 Å². The van der Waals surface area contributed by atoms with Crippen molar-refractivity contribution in [2.45, 2.75) is 6.04 Å². The van der Waals surface area contributed by atoms with E-state index in [-0.39, 0.29) is 57.4 Å². The predicted octanol–water partition coefficient (Wildman–Crippen LogP) is -2.56. The summed E-state index contributed by atoms with van der Waals surface area (Å²) in [4.78, 5) is 0. The van der Waals surface area contributed by atoms with Crippen LogP contribution in [0.1, 0.15) is 0 Å². The maximum atomic E-state index is 6.79. The zero-order chi connectivity index (χ0) is 3.70. The van der Waals surface area contributed by atoms with E-state index in [1.54, 1.807) is 0 Å². The molecule has 0 radical (unpaired) electrons. The van der Waals surface area contributed by atoms with E-state index >= 15 is 0 Å². The summed E-state index contributed by atoms with van der Waals surface area (Å²) in [5.41, 5.74) is 6.79. The molecule has 0 atom stereocenters. The van der Waals surface area contributed by atoms with Gasteiger partial charge < -0.3 is 10.5 Å². The molecule has 1 N–H and O–H groups in total. The molecular formula is C3H6KNO. The molecule has 30 valence electrons. The first-order valence-corrected chi connectivity index (χ1v) is 1.68. The number of nitrogens with one attached hydrogen (secondary N) is 1. The molecule has 1 saturated heterocycles. The van der Waals surface area contributed by atoms with Crippen LogP contribution in [0.25, 0.3) is 5.73 Å². The summed E-state index contributed by atoms with van der Waals surface area (Å²) < 4.78 is 4.65. The average Bonchev–Trinajstić information content (AvgIpc) is 1.30. The van der Waals surface area contributed by atoms with Crippen molar-refractivity contribution in [1.82, 2.24) is 0 Å². The van der Waals surface area contributed by atoms with Crippen LogP contribution in [0.3, 0.4) is 0 Å². The van der Waals surface area contributed by atoms with Crippen molar-refractivity contribution >= 4 is 0 Å². The quantitative estimate of drug-likeness (QED) is 0.317. The van der Waals surface area contributed by atoms with Crippen LogP contribution in [0.4, 0.5) is 0 Å². The Balaban J connectivity index is 0.000000250. The Kier molecular flexibility index (Phi) is 4.46. The zero-order valence-electron chi connectivity index (χ0n) is 3.90. The van der Waals surface area contributed by atoms with Gasteiger partial charge in [0.15, 0.2) is 0 Å². The molecule has 1 fully saturated rings. The summed E-state index contributed by atoms with van der Waals surface area (Å²) in [5.74, 6) is 0. The fourth-order valence-corrected chi connectivity index (χ4v) is 0.236. The van der Waals surface area contributed by atoms with E-state index in [2.05, 4.69) is 4.74 Å². The van der Waals surface area contributed by atoms with Crippen molar-refractivity contribution < 1.29 is 56.1 Å². The van der Waals surface area contributed by atoms with Crippen LogP contribution < -0.4 is 51.4 Å². The van der Waals surface area contributed by atoms with Gasteiger partial charge in [0.05, 0.1) is 0 Å². The van der Waals surface area contributed by atoms with E-state index in [1.165, 1.54) is 0 Å². The molecule has 0 aromatic rings. The third-order valence-electron chi connectivity index (χ3n) is 0.638. The van der Waals surface area contributed by atoms with Gasteiger partial charge in [-0.05, 0) is 0 Å². The van der Waals surface area contributed by atoms with Gasteiger partial charge in [0, 0.05) is 13.2 Å². The first kappa shape index (κ1) is 7.56. The SMILES string of the molecule is [K+].[NH-]C1COC1. The van der Waals surface area contributed by atoms with E-state index in [0.717, 1.165) is 0 Å². The van der Waals surface area contributed by atoms with Gasteiger partial charge in [0.2, 0.25) is 0 Å². The molecule has 1 aliphatic heterocycles. The summed E-state index contributed by atoms with van der Waals surface area (Å²) in [5, 5.41) is 0. The minimum absolute atomic E-state index is 0. The maximum Gasteiger partial charge on any atom is 1.00 e. The molecule has 6 heavy (non-hydrogen) atoms. The monoisotopic (exact) mass is 111 g/mol. The van der Waals surface area contributed by atoms with Crippen molar-refractivity contribution in [3.63, 3.8) is 0 Å². The number of hydrogen-bond donors (Lipinski definition) is 0. The minimum atomic E-state index is 0. The molecule has 1 rings (SSSR count). The summed E-state index contributed by atoms with van der Waals surface area (Å²) in [6.45, 7) is 1.31. The van der Waals surface area contributed by atoms with E-state index < -0.39 is 0 Å². The molecule has 0 bridgehead atoms. The standard InChI is InChI=1S/C3H6NO.K/c4-3-1-5-2-3;/h3-4H,1-2H2;/q-1;+1. The molecule has 0 aromatic carbocycles. The molecule has 0 saturated carbocycles. The molecule has 2 nitrogen and oxygen atoms in total. The van der Waals surface area contributed by atoms with Crippen LogP contribution >= 0.6 is 0 Å². The van der Waals surface area contributed by atoms with Crippen molar-refractivity contribution in [3.05, 3.63) is 5.73 Å². The van der Waals surface area contributed by atoms with Crippen LogP contribution in [-0.2, 0) is 4.74 Å². The van der Waals surface area contributed by atoms with Crippen LogP contribution in [0.5, 0.6) is 0 Å². The first-order valence-electron chi connectivity index (χ1n) is 1.68. The summed E-state index contributed by atoms with van der Waals surface area (Å²) in [7, 11) is 0. The number of ether oxygens (including phenoxy) is 1. The Bertz CT molecular complexity index is 37.8. The Morgan fingerprint density at radius 1 is 1.50 bits per heavy atom. The van der Waals surface area contributed by atoms with E-state index in [4.69, 9.17) is 5.73 Å². The van der Waals surface area contributed by atoms with Crippen LogP contribution in [0.2, 0.25) is 0 Å². The van der Waals surface area contributed by atoms with Crippen LogP contribution in [0, 0.1) is 0 Å². The van der Waals surface area contributed by atoms with Crippen molar-refractivity contribution in [3.8, 4) is 0 Å². The third-order valence-corrected chi connectivity index (χ3v) is 0.638. The van der Waals surface area contributed by atoms with Gasteiger partial charge in [0.25, 0.3) is 0 Å². The van der Waals surface area contributed by atoms with Gasteiger partial charge in [-0.1, -0.05) is 6.04 Å². The third kappa shape index (κ3) is 2.02. The number of rotatable bonds is 0. The van der Waals surface area contributed by atoms with Crippen molar-refractivity contribution in [2.24, 2.45) is 0 Å². The zero-order valence-corrected chi connectivity index (χ0v) is 7.02. The molecule has 1 aliphatic rings. The largest absolute Gasteiger partial charge is 1.00 e. The van der Waals surface area contributed by atoms with E-state index in [9.17, 15) is 0 Å². The van der Waals surface area contributed by atoms with Crippen LogP contribution in [-0.4, -0.2) is 19.3 Å². The smallest absolute Gasteiger partial charge is 0.671 e. The van der Waals surface area contributed by atoms with Crippen molar-refractivity contribution in [1.29, 1.82) is 0 Å². The predicted molar refractivity (Wildman–Crippen MR) is 18.9 cm³/mol. The van der Waals surface area contributed by atoms with Gasteiger partial charge >= 0.3 is 51.4 Å². The fourth-order valence-electron chi connectivity index (χ4n) is 0.236. The number of hydrogen-bond acceptors (Lipinski definition) is 1. The Labute approximate surface area is 79.8 Å². The molecule has 0 aliphatic carbocycles. The molecular weight excluding hydrogens is 105 g/mol. The van der Waals surface area contributed by atoms with Gasteiger partial charge in [-0.15, -0.1) is 0 Å². The molecule has 0 unspecified atom stereocenters. The van der Waals surface area contributed by atoms with Crippen LogP contribution in [0.15, 0.2) is 0 Å². The summed E-state index contributed by atoms with van der Waals surface area (Å²) in [6.07, 6.45) is 0. The maximum absolute atomic E-state index is 6.79. The minimum Gasteiger partial charge on any atom is -0.671 e. The van der Waals surface area contributed by atoms with Gasteiger partial charge in [-0.3, -0.25) is 0 Å². The topological polar surface area (TPSA) is 33.0 Å². The second-order valence-corrected chi connectivity index (χ2v) is 1.23. The molecule has 0 aromatic heterocycles. The van der Waals surface area contributed by atoms with Gasteiger partial charge in [0.1, 0.15) is 0 Å².